The summed E-state index contributed by atoms with van der Waals surface area (Å²) in [7, 11) is 0. The van der Waals surface area contributed by atoms with Crippen molar-refractivity contribution in [2.24, 2.45) is 5.41 Å². The van der Waals surface area contributed by atoms with Crippen molar-refractivity contribution < 1.29 is 19.1 Å². The zero-order chi connectivity index (χ0) is 13.9. The standard InChI is InChI=1S/C13H18N2O4/c1-13(4-6-14-7-5-13)12(18)15-8-9-2-3-10(19-9)11(16)17/h2-3,14H,4-8H2,1H3,(H,15,18)(H,16,17). The summed E-state index contributed by atoms with van der Waals surface area (Å²) >= 11 is 0. The highest BCUT2D eigenvalue weighted by Gasteiger charge is 2.34. The first-order valence-electron chi connectivity index (χ1n) is 6.32. The fourth-order valence-electron chi connectivity index (χ4n) is 2.17. The van der Waals surface area contributed by atoms with E-state index in [0.29, 0.717) is 5.76 Å². The molecule has 0 spiro atoms. The molecule has 3 N–H and O–H groups in total. The molecule has 1 aliphatic heterocycles. The van der Waals surface area contributed by atoms with Crippen molar-refractivity contribution in [3.05, 3.63) is 23.7 Å². The smallest absolute Gasteiger partial charge is 0.371 e. The van der Waals surface area contributed by atoms with Crippen molar-refractivity contribution in [1.82, 2.24) is 10.6 Å². The van der Waals surface area contributed by atoms with Crippen LogP contribution in [-0.2, 0) is 11.3 Å². The van der Waals surface area contributed by atoms with Gasteiger partial charge in [-0.2, -0.15) is 0 Å². The Bertz CT molecular complexity index is 475. The molecular formula is C13H18N2O4. The minimum absolute atomic E-state index is 0.0118. The number of carbonyl (C=O) groups is 2. The van der Waals surface area contributed by atoms with E-state index >= 15 is 0 Å². The number of nitrogens with one attached hydrogen (secondary N) is 2. The normalized spacial score (nSPS) is 17.9. The fourth-order valence-corrected chi connectivity index (χ4v) is 2.17. The summed E-state index contributed by atoms with van der Waals surface area (Å²) in [5, 5.41) is 14.8. The summed E-state index contributed by atoms with van der Waals surface area (Å²) in [4.78, 5) is 22.8. The second kappa shape index (κ2) is 5.44. The molecule has 19 heavy (non-hydrogen) atoms. The van der Waals surface area contributed by atoms with E-state index in [-0.39, 0.29) is 23.6 Å². The number of hydrogen-bond donors (Lipinski definition) is 3. The Kier molecular flexibility index (Phi) is 3.90. The maximum Gasteiger partial charge on any atom is 0.371 e. The highest BCUT2D eigenvalue weighted by Crippen LogP contribution is 2.28. The molecule has 0 aliphatic carbocycles. The van der Waals surface area contributed by atoms with E-state index in [1.54, 1.807) is 6.07 Å². The number of furan rings is 1. The Morgan fingerprint density at radius 3 is 2.68 bits per heavy atom. The summed E-state index contributed by atoms with van der Waals surface area (Å²) in [6, 6.07) is 2.95. The molecule has 0 unspecified atom stereocenters. The SMILES string of the molecule is CC1(C(=O)NCc2ccc(C(=O)O)o2)CCNCC1. The monoisotopic (exact) mass is 266 g/mol. The Hall–Kier alpha value is -1.82. The van der Waals surface area contributed by atoms with E-state index in [4.69, 9.17) is 9.52 Å². The lowest BCUT2D eigenvalue weighted by Gasteiger charge is -2.32. The van der Waals surface area contributed by atoms with Crippen LogP contribution in [0.3, 0.4) is 0 Å². The Labute approximate surface area is 111 Å². The minimum Gasteiger partial charge on any atom is -0.475 e. The lowest BCUT2D eigenvalue weighted by atomic mass is 9.80. The second-order valence-electron chi connectivity index (χ2n) is 5.06. The molecular weight excluding hydrogens is 248 g/mol. The van der Waals surface area contributed by atoms with E-state index < -0.39 is 5.97 Å². The van der Waals surface area contributed by atoms with Crippen molar-refractivity contribution in [2.45, 2.75) is 26.3 Å². The molecule has 1 fully saturated rings. The quantitative estimate of drug-likeness (QED) is 0.755. The topological polar surface area (TPSA) is 91.6 Å². The van der Waals surface area contributed by atoms with Gasteiger partial charge in [0.05, 0.1) is 6.54 Å². The first-order chi connectivity index (χ1) is 9.01. The van der Waals surface area contributed by atoms with Crippen LogP contribution in [0.5, 0.6) is 0 Å². The van der Waals surface area contributed by atoms with Crippen molar-refractivity contribution in [1.29, 1.82) is 0 Å². The van der Waals surface area contributed by atoms with E-state index in [9.17, 15) is 9.59 Å². The molecule has 2 rings (SSSR count). The number of piperidine rings is 1. The maximum atomic E-state index is 12.1. The van der Waals surface area contributed by atoms with Crippen molar-refractivity contribution >= 4 is 11.9 Å². The maximum absolute atomic E-state index is 12.1. The van der Waals surface area contributed by atoms with Crippen molar-refractivity contribution in [3.63, 3.8) is 0 Å². The number of amides is 1. The van der Waals surface area contributed by atoms with Gasteiger partial charge in [-0.15, -0.1) is 0 Å². The number of carboxylic acids is 1. The first kappa shape index (κ1) is 13.6. The summed E-state index contributed by atoms with van der Waals surface area (Å²) in [6.07, 6.45) is 1.61. The molecule has 104 valence electrons. The average molecular weight is 266 g/mol. The van der Waals surface area contributed by atoms with Crippen LogP contribution < -0.4 is 10.6 Å². The predicted molar refractivity (Wildman–Crippen MR) is 67.7 cm³/mol. The van der Waals surface area contributed by atoms with Gasteiger partial charge in [0.15, 0.2) is 0 Å². The molecule has 0 bridgehead atoms. The molecule has 6 nitrogen and oxygen atoms in total. The van der Waals surface area contributed by atoms with Crippen LogP contribution in [0.25, 0.3) is 0 Å². The number of carbonyl (C=O) groups excluding carboxylic acids is 1. The van der Waals surface area contributed by atoms with Crippen LogP contribution in [0.2, 0.25) is 0 Å². The molecule has 1 aromatic heterocycles. The molecule has 1 aromatic rings. The second-order valence-corrected chi connectivity index (χ2v) is 5.06. The van der Waals surface area contributed by atoms with Gasteiger partial charge in [0, 0.05) is 5.41 Å². The molecule has 0 saturated carbocycles. The largest absolute Gasteiger partial charge is 0.475 e. The van der Waals surface area contributed by atoms with Crippen LogP contribution in [0.15, 0.2) is 16.5 Å². The zero-order valence-electron chi connectivity index (χ0n) is 10.9. The molecule has 1 amide bonds. The van der Waals surface area contributed by atoms with Crippen LogP contribution in [0, 0.1) is 5.41 Å². The van der Waals surface area contributed by atoms with E-state index in [1.807, 2.05) is 6.92 Å². The molecule has 2 heterocycles. The fraction of sp³-hybridized carbons (Fsp3) is 0.538. The third-order valence-corrected chi connectivity index (χ3v) is 3.55. The minimum atomic E-state index is -1.11. The highest BCUT2D eigenvalue weighted by atomic mass is 16.4. The third-order valence-electron chi connectivity index (χ3n) is 3.55. The summed E-state index contributed by atoms with van der Waals surface area (Å²) < 4.78 is 5.09. The van der Waals surface area contributed by atoms with E-state index in [1.165, 1.54) is 6.07 Å². The van der Waals surface area contributed by atoms with E-state index in [0.717, 1.165) is 25.9 Å². The van der Waals surface area contributed by atoms with E-state index in [2.05, 4.69) is 10.6 Å². The van der Waals surface area contributed by atoms with Crippen LogP contribution >= 0.6 is 0 Å². The van der Waals surface area contributed by atoms with Gasteiger partial charge in [0.1, 0.15) is 5.76 Å². The van der Waals surface area contributed by atoms with Gasteiger partial charge < -0.3 is 20.2 Å². The average Bonchev–Trinajstić information content (AvgIpc) is 2.85. The Balaban J connectivity index is 1.90. The number of rotatable bonds is 4. The molecule has 0 atom stereocenters. The Morgan fingerprint density at radius 1 is 1.42 bits per heavy atom. The van der Waals surface area contributed by atoms with Crippen LogP contribution in [-0.4, -0.2) is 30.1 Å². The summed E-state index contributed by atoms with van der Waals surface area (Å²) in [5.41, 5.74) is -0.354. The Morgan fingerprint density at radius 2 is 2.11 bits per heavy atom. The highest BCUT2D eigenvalue weighted by molar-refractivity contribution is 5.84. The van der Waals surface area contributed by atoms with Gasteiger partial charge in [-0.3, -0.25) is 4.79 Å². The van der Waals surface area contributed by atoms with Gasteiger partial charge in [-0.1, -0.05) is 6.92 Å². The summed E-state index contributed by atoms with van der Waals surface area (Å²) in [5.74, 6) is -0.786. The third kappa shape index (κ3) is 3.14. The number of carboxylic acid groups (broad SMARTS) is 1. The lowest BCUT2D eigenvalue weighted by molar-refractivity contribution is -0.131. The van der Waals surface area contributed by atoms with Gasteiger partial charge in [-0.25, -0.2) is 4.79 Å². The number of aromatic carboxylic acids is 1. The molecule has 0 aromatic carbocycles. The molecule has 6 heteroatoms. The zero-order valence-corrected chi connectivity index (χ0v) is 10.9. The van der Waals surface area contributed by atoms with Crippen molar-refractivity contribution in [3.8, 4) is 0 Å². The lowest BCUT2D eigenvalue weighted by Crippen LogP contribution is -2.45. The van der Waals surface area contributed by atoms with Gasteiger partial charge in [-0.05, 0) is 38.1 Å². The van der Waals surface area contributed by atoms with Crippen LogP contribution in [0.4, 0.5) is 0 Å². The summed E-state index contributed by atoms with van der Waals surface area (Å²) in [6.45, 7) is 3.85. The van der Waals surface area contributed by atoms with Gasteiger partial charge >= 0.3 is 5.97 Å². The first-order valence-corrected chi connectivity index (χ1v) is 6.32. The van der Waals surface area contributed by atoms with Gasteiger partial charge in [0.2, 0.25) is 11.7 Å². The van der Waals surface area contributed by atoms with Crippen molar-refractivity contribution in [2.75, 3.05) is 13.1 Å². The van der Waals surface area contributed by atoms with Crippen LogP contribution in [0.1, 0.15) is 36.1 Å². The van der Waals surface area contributed by atoms with Gasteiger partial charge in [0.25, 0.3) is 0 Å². The predicted octanol–water partition coefficient (Wildman–Crippen LogP) is 0.984. The molecule has 1 saturated heterocycles. The molecule has 1 aliphatic rings. The molecule has 0 radical (unpaired) electrons. The number of hydrogen-bond acceptors (Lipinski definition) is 4.